The molecule has 0 atom stereocenters. The third-order valence-corrected chi connectivity index (χ3v) is 2.65. The van der Waals surface area contributed by atoms with Crippen LogP contribution < -0.4 is 10.1 Å². The van der Waals surface area contributed by atoms with Crippen molar-refractivity contribution in [1.29, 1.82) is 0 Å². The monoisotopic (exact) mass is 239 g/mol. The molecule has 86 valence electrons. The number of hydrogen-bond acceptors (Lipinski definition) is 2. The molecule has 16 heavy (non-hydrogen) atoms. The number of ether oxygens (including phenoxy) is 1. The fourth-order valence-corrected chi connectivity index (χ4v) is 2.20. The molecule has 1 aliphatic rings. The van der Waals surface area contributed by atoms with Crippen LogP contribution in [0.1, 0.15) is 26.3 Å². The molecule has 0 radical (unpaired) electrons. The Balaban J connectivity index is 2.45. The molecule has 4 heteroatoms. The Morgan fingerprint density at radius 2 is 2.19 bits per heavy atom. The lowest BCUT2D eigenvalue weighted by Crippen LogP contribution is -2.25. The van der Waals surface area contributed by atoms with E-state index < -0.39 is 0 Å². The average molecular weight is 240 g/mol. The molecule has 0 saturated carbocycles. The summed E-state index contributed by atoms with van der Waals surface area (Å²) < 4.78 is 5.81. The second-order valence-electron chi connectivity index (χ2n) is 4.66. The molecular formula is C12H14ClNO2. The second-order valence-corrected chi connectivity index (χ2v) is 5.10. The van der Waals surface area contributed by atoms with Gasteiger partial charge in [0.2, 0.25) is 5.91 Å². The molecule has 0 aromatic heterocycles. The predicted molar refractivity (Wildman–Crippen MR) is 64.2 cm³/mol. The zero-order chi connectivity index (χ0) is 11.9. The number of carbonyl (C=O) groups is 1. The second kappa shape index (κ2) is 3.67. The molecular weight excluding hydrogens is 226 g/mol. The molecule has 1 amide bonds. The maximum atomic E-state index is 11.1. The fourth-order valence-electron chi connectivity index (χ4n) is 1.96. The normalized spacial score (nSPS) is 16.5. The third kappa shape index (κ3) is 2.14. The summed E-state index contributed by atoms with van der Waals surface area (Å²) in [6, 6.07) is 3.60. The molecule has 1 N–H and O–H groups in total. The Morgan fingerprint density at radius 1 is 1.50 bits per heavy atom. The molecule has 2 rings (SSSR count). The first-order valence-corrected chi connectivity index (χ1v) is 5.54. The number of halogens is 1. The minimum absolute atomic E-state index is 0.127. The van der Waals surface area contributed by atoms with Crippen molar-refractivity contribution in [2.75, 3.05) is 5.32 Å². The van der Waals surface area contributed by atoms with Crippen LogP contribution in [0, 0.1) is 0 Å². The standard InChI is InChI=1S/C12H14ClNO2/c1-7(15)14-10-5-9(13)4-8-6-12(2,3)16-11(8)10/h4-5H,6H2,1-3H3,(H,14,15). The largest absolute Gasteiger partial charge is 0.485 e. The highest BCUT2D eigenvalue weighted by Crippen LogP contribution is 2.42. The molecule has 0 bridgehead atoms. The van der Waals surface area contributed by atoms with Crippen molar-refractivity contribution in [3.8, 4) is 5.75 Å². The van der Waals surface area contributed by atoms with Crippen molar-refractivity contribution in [3.05, 3.63) is 22.7 Å². The van der Waals surface area contributed by atoms with Gasteiger partial charge in [-0.2, -0.15) is 0 Å². The van der Waals surface area contributed by atoms with Gasteiger partial charge in [0.1, 0.15) is 11.4 Å². The van der Waals surface area contributed by atoms with Gasteiger partial charge in [-0.05, 0) is 26.0 Å². The smallest absolute Gasteiger partial charge is 0.221 e. The number of rotatable bonds is 1. The van der Waals surface area contributed by atoms with E-state index >= 15 is 0 Å². The quantitative estimate of drug-likeness (QED) is 0.818. The number of amides is 1. The van der Waals surface area contributed by atoms with E-state index in [1.54, 1.807) is 6.07 Å². The first-order valence-electron chi connectivity index (χ1n) is 5.16. The number of fused-ring (bicyclic) bond motifs is 1. The van der Waals surface area contributed by atoms with Crippen LogP contribution in [0.25, 0.3) is 0 Å². The SMILES string of the molecule is CC(=O)Nc1cc(Cl)cc2c1OC(C)(C)C2. The van der Waals surface area contributed by atoms with Crippen LogP contribution in [0.5, 0.6) is 5.75 Å². The van der Waals surface area contributed by atoms with Gasteiger partial charge in [0.15, 0.2) is 0 Å². The first kappa shape index (κ1) is 11.3. The topological polar surface area (TPSA) is 38.3 Å². The van der Waals surface area contributed by atoms with E-state index in [4.69, 9.17) is 16.3 Å². The van der Waals surface area contributed by atoms with Crippen LogP contribution in [-0.2, 0) is 11.2 Å². The van der Waals surface area contributed by atoms with Gasteiger partial charge in [0.05, 0.1) is 5.69 Å². The van der Waals surface area contributed by atoms with Crippen LogP contribution >= 0.6 is 11.6 Å². The van der Waals surface area contributed by atoms with Gasteiger partial charge in [-0.15, -0.1) is 0 Å². The molecule has 0 aliphatic carbocycles. The maximum absolute atomic E-state index is 11.1. The summed E-state index contributed by atoms with van der Waals surface area (Å²) in [6.45, 7) is 5.49. The third-order valence-electron chi connectivity index (χ3n) is 2.44. The lowest BCUT2D eigenvalue weighted by Gasteiger charge is -2.18. The lowest BCUT2D eigenvalue weighted by molar-refractivity contribution is -0.114. The lowest BCUT2D eigenvalue weighted by atomic mass is 10.0. The van der Waals surface area contributed by atoms with E-state index in [0.29, 0.717) is 10.7 Å². The summed E-state index contributed by atoms with van der Waals surface area (Å²) in [4.78, 5) is 11.1. The first-order chi connectivity index (χ1) is 7.37. The molecule has 3 nitrogen and oxygen atoms in total. The zero-order valence-corrected chi connectivity index (χ0v) is 10.3. The highest BCUT2D eigenvalue weighted by molar-refractivity contribution is 6.31. The Hall–Kier alpha value is -1.22. The maximum Gasteiger partial charge on any atom is 0.221 e. The predicted octanol–water partition coefficient (Wildman–Crippen LogP) is 3.01. The summed E-state index contributed by atoms with van der Waals surface area (Å²) in [5.74, 6) is 0.613. The van der Waals surface area contributed by atoms with E-state index in [1.165, 1.54) is 6.92 Å². The van der Waals surface area contributed by atoms with Gasteiger partial charge in [0.25, 0.3) is 0 Å². The van der Waals surface area contributed by atoms with E-state index in [1.807, 2.05) is 19.9 Å². The van der Waals surface area contributed by atoms with Crippen LogP contribution in [0.15, 0.2) is 12.1 Å². The van der Waals surface area contributed by atoms with E-state index in [2.05, 4.69) is 5.32 Å². The van der Waals surface area contributed by atoms with Crippen molar-refractivity contribution in [3.63, 3.8) is 0 Å². The van der Waals surface area contributed by atoms with Crippen molar-refractivity contribution < 1.29 is 9.53 Å². The van der Waals surface area contributed by atoms with Crippen molar-refractivity contribution in [2.24, 2.45) is 0 Å². The van der Waals surface area contributed by atoms with Crippen molar-refractivity contribution in [1.82, 2.24) is 0 Å². The fraction of sp³-hybridized carbons (Fsp3) is 0.417. The Morgan fingerprint density at radius 3 is 2.81 bits per heavy atom. The van der Waals surface area contributed by atoms with Gasteiger partial charge in [-0.1, -0.05) is 11.6 Å². The molecule has 1 aliphatic heterocycles. The number of nitrogens with one attached hydrogen (secondary N) is 1. The highest BCUT2D eigenvalue weighted by atomic mass is 35.5. The molecule has 0 saturated heterocycles. The molecule has 0 fully saturated rings. The Labute approximate surface area is 99.7 Å². The number of hydrogen-bond donors (Lipinski definition) is 1. The van der Waals surface area contributed by atoms with E-state index in [-0.39, 0.29) is 11.5 Å². The average Bonchev–Trinajstić information content (AvgIpc) is 2.38. The van der Waals surface area contributed by atoms with Crippen molar-refractivity contribution >= 4 is 23.2 Å². The van der Waals surface area contributed by atoms with Crippen LogP contribution in [0.4, 0.5) is 5.69 Å². The zero-order valence-electron chi connectivity index (χ0n) is 9.56. The molecule has 1 aromatic rings. The van der Waals surface area contributed by atoms with Gasteiger partial charge >= 0.3 is 0 Å². The summed E-state index contributed by atoms with van der Waals surface area (Å²) in [6.07, 6.45) is 0.801. The molecule has 1 aromatic carbocycles. The van der Waals surface area contributed by atoms with E-state index in [9.17, 15) is 4.79 Å². The van der Waals surface area contributed by atoms with E-state index in [0.717, 1.165) is 17.7 Å². The summed E-state index contributed by atoms with van der Waals surface area (Å²) in [7, 11) is 0. The minimum atomic E-state index is -0.236. The van der Waals surface area contributed by atoms with Gasteiger partial charge in [-0.25, -0.2) is 0 Å². The molecule has 0 spiro atoms. The van der Waals surface area contributed by atoms with Crippen LogP contribution in [0.2, 0.25) is 5.02 Å². The van der Waals surface area contributed by atoms with Gasteiger partial charge in [0, 0.05) is 23.9 Å². The summed E-state index contributed by atoms with van der Waals surface area (Å²) >= 11 is 6.00. The van der Waals surface area contributed by atoms with Crippen LogP contribution in [0.3, 0.4) is 0 Å². The number of benzene rings is 1. The summed E-state index contributed by atoms with van der Waals surface area (Å²) in [5, 5.41) is 3.35. The Kier molecular flexibility index (Phi) is 2.58. The van der Waals surface area contributed by atoms with Gasteiger partial charge < -0.3 is 10.1 Å². The molecule has 0 unspecified atom stereocenters. The number of carbonyl (C=O) groups excluding carboxylic acids is 1. The van der Waals surface area contributed by atoms with Gasteiger partial charge in [-0.3, -0.25) is 4.79 Å². The minimum Gasteiger partial charge on any atom is -0.485 e. The van der Waals surface area contributed by atoms with Crippen LogP contribution in [-0.4, -0.2) is 11.5 Å². The highest BCUT2D eigenvalue weighted by Gasteiger charge is 2.32. The number of anilines is 1. The molecule has 1 heterocycles. The Bertz CT molecular complexity index is 455. The van der Waals surface area contributed by atoms with Crippen molar-refractivity contribution in [2.45, 2.75) is 32.8 Å². The summed E-state index contributed by atoms with van der Waals surface area (Å²) in [5.41, 5.74) is 1.46.